The van der Waals surface area contributed by atoms with Gasteiger partial charge in [0, 0.05) is 29.4 Å². The smallest absolute Gasteiger partial charge is 0.303 e. The van der Waals surface area contributed by atoms with Crippen LogP contribution in [0.2, 0.25) is 0 Å². The molecule has 1 aliphatic rings. The Hall–Kier alpha value is -2.81. The molecule has 1 fully saturated rings. The fraction of sp³-hybridized carbons (Fsp3) is 0.467. The lowest BCUT2D eigenvalue weighted by atomic mass is 9.79. The summed E-state index contributed by atoms with van der Waals surface area (Å²) in [4.78, 5) is 19.6. The summed E-state index contributed by atoms with van der Waals surface area (Å²) in [5, 5.41) is 21.6. The fourth-order valence-electron chi connectivity index (χ4n) is 5.49. The van der Waals surface area contributed by atoms with Gasteiger partial charge in [-0.3, -0.25) is 9.78 Å². The lowest BCUT2D eigenvalue weighted by Crippen LogP contribution is -2.42. The Morgan fingerprint density at radius 3 is 2.79 bits per heavy atom. The number of aliphatic hydroxyl groups excluding tert-OH is 1. The normalized spacial score (nSPS) is 18.8. The van der Waals surface area contributed by atoms with Gasteiger partial charge in [-0.25, -0.2) is 0 Å². The molecule has 0 spiro atoms. The number of piperidine rings is 1. The minimum absolute atomic E-state index is 0.0876. The van der Waals surface area contributed by atoms with Gasteiger partial charge in [0.05, 0.1) is 25.8 Å². The molecular formula is C30H38N2O5S. The lowest BCUT2D eigenvalue weighted by Gasteiger charge is -2.38. The minimum Gasteiger partial charge on any atom is -0.497 e. The van der Waals surface area contributed by atoms with Crippen molar-refractivity contribution in [3.05, 3.63) is 60.3 Å². The molecule has 1 aliphatic heterocycles. The molecule has 2 aromatic carbocycles. The zero-order chi connectivity index (χ0) is 26.9. The van der Waals surface area contributed by atoms with Crippen LogP contribution in [0.15, 0.2) is 59.6 Å². The number of rotatable bonds is 13. The van der Waals surface area contributed by atoms with Gasteiger partial charge in [-0.1, -0.05) is 12.1 Å². The standard InChI is InChI=1S/C30H38N2O5S/c1-36-23-9-10-26-25(19-23)24(12-14-31-26)27(33)11-8-21-13-16-32(20-22(21)18-30(34)35)15-5-17-38-29-7-4-3-6-28(29)37-2/h3-4,6-7,9-10,12,14,19,21-22,27,33H,5,8,11,13,15-18,20H2,1-2H3,(H,34,35)/t21-,22+,27-/m1/s1. The number of benzene rings is 2. The average molecular weight is 539 g/mol. The van der Waals surface area contributed by atoms with Crippen LogP contribution in [0.5, 0.6) is 11.5 Å². The Labute approximate surface area is 229 Å². The van der Waals surface area contributed by atoms with Crippen LogP contribution in [0.3, 0.4) is 0 Å². The molecule has 4 rings (SSSR count). The van der Waals surface area contributed by atoms with Crippen LogP contribution < -0.4 is 9.47 Å². The number of carboxylic acids is 1. The second-order valence-electron chi connectivity index (χ2n) is 9.94. The summed E-state index contributed by atoms with van der Waals surface area (Å²) in [6.45, 7) is 2.71. The predicted molar refractivity (Wildman–Crippen MR) is 151 cm³/mol. The summed E-state index contributed by atoms with van der Waals surface area (Å²) < 4.78 is 10.8. The van der Waals surface area contributed by atoms with Crippen LogP contribution >= 0.6 is 11.8 Å². The number of thioether (sulfide) groups is 1. The number of carbonyl (C=O) groups is 1. The van der Waals surface area contributed by atoms with E-state index >= 15 is 0 Å². The maximum Gasteiger partial charge on any atom is 0.303 e. The Bertz CT molecular complexity index is 1210. The van der Waals surface area contributed by atoms with E-state index in [1.54, 1.807) is 32.2 Å². The van der Waals surface area contributed by atoms with Crippen LogP contribution in [-0.2, 0) is 4.79 Å². The van der Waals surface area contributed by atoms with Gasteiger partial charge in [0.25, 0.3) is 0 Å². The molecular weight excluding hydrogens is 500 g/mol. The summed E-state index contributed by atoms with van der Waals surface area (Å²) in [5.41, 5.74) is 1.66. The first-order valence-corrected chi connectivity index (χ1v) is 14.3. The van der Waals surface area contributed by atoms with Crippen molar-refractivity contribution in [2.24, 2.45) is 11.8 Å². The number of fused-ring (bicyclic) bond motifs is 1. The number of aliphatic carboxylic acids is 1. The molecule has 2 heterocycles. The van der Waals surface area contributed by atoms with Crippen molar-refractivity contribution in [2.45, 2.75) is 43.1 Å². The van der Waals surface area contributed by atoms with Crippen molar-refractivity contribution in [1.82, 2.24) is 9.88 Å². The average Bonchev–Trinajstić information content (AvgIpc) is 2.94. The molecule has 1 saturated heterocycles. The van der Waals surface area contributed by atoms with Crippen molar-refractivity contribution < 1.29 is 24.5 Å². The van der Waals surface area contributed by atoms with E-state index in [2.05, 4.69) is 16.0 Å². The van der Waals surface area contributed by atoms with Crippen LogP contribution in [0, 0.1) is 11.8 Å². The van der Waals surface area contributed by atoms with E-state index in [1.165, 1.54) is 0 Å². The highest BCUT2D eigenvalue weighted by molar-refractivity contribution is 7.99. The molecule has 2 N–H and O–H groups in total. The Balaban J connectivity index is 1.31. The van der Waals surface area contributed by atoms with Gasteiger partial charge in [-0.15, -0.1) is 11.8 Å². The van der Waals surface area contributed by atoms with Crippen LogP contribution in [-0.4, -0.2) is 65.7 Å². The lowest BCUT2D eigenvalue weighted by molar-refractivity contribution is -0.139. The molecule has 0 bridgehead atoms. The van der Waals surface area contributed by atoms with E-state index in [0.717, 1.165) is 77.5 Å². The minimum atomic E-state index is -0.749. The quantitative estimate of drug-likeness (QED) is 0.213. The highest BCUT2D eigenvalue weighted by Gasteiger charge is 2.31. The topological polar surface area (TPSA) is 92.1 Å². The second kappa shape index (κ2) is 13.8. The number of methoxy groups -OCH3 is 2. The predicted octanol–water partition coefficient (Wildman–Crippen LogP) is 5.66. The Kier molecular flexibility index (Phi) is 10.3. The maximum absolute atomic E-state index is 11.7. The first kappa shape index (κ1) is 28.2. The number of nitrogens with zero attached hydrogens (tertiary/aromatic N) is 2. The van der Waals surface area contributed by atoms with Crippen LogP contribution in [0.4, 0.5) is 0 Å². The van der Waals surface area contributed by atoms with Crippen LogP contribution in [0.25, 0.3) is 10.9 Å². The molecule has 0 radical (unpaired) electrons. The Morgan fingerprint density at radius 2 is 2.00 bits per heavy atom. The van der Waals surface area contributed by atoms with Crippen molar-refractivity contribution in [2.75, 3.05) is 39.6 Å². The van der Waals surface area contributed by atoms with Gasteiger partial charge in [0.1, 0.15) is 11.5 Å². The molecule has 0 aliphatic carbocycles. The summed E-state index contributed by atoms with van der Waals surface area (Å²) in [6, 6.07) is 15.6. The van der Waals surface area contributed by atoms with E-state index in [-0.39, 0.29) is 18.3 Å². The summed E-state index contributed by atoms with van der Waals surface area (Å²) in [7, 11) is 3.32. The maximum atomic E-state index is 11.7. The number of carboxylic acid groups (broad SMARTS) is 1. The van der Waals surface area contributed by atoms with E-state index in [4.69, 9.17) is 9.47 Å². The number of hydrogen-bond acceptors (Lipinski definition) is 7. The van der Waals surface area contributed by atoms with Gasteiger partial charge in [0.15, 0.2) is 0 Å². The molecule has 1 aromatic heterocycles. The number of hydrogen-bond donors (Lipinski definition) is 2. The van der Waals surface area contributed by atoms with Gasteiger partial charge in [-0.2, -0.15) is 0 Å². The van der Waals surface area contributed by atoms with E-state index in [1.807, 2.05) is 42.5 Å². The second-order valence-corrected chi connectivity index (χ2v) is 11.1. The fourth-order valence-corrected chi connectivity index (χ4v) is 6.46. The van der Waals surface area contributed by atoms with E-state index in [9.17, 15) is 15.0 Å². The highest BCUT2D eigenvalue weighted by atomic mass is 32.2. The number of aromatic nitrogens is 1. The van der Waals surface area contributed by atoms with Crippen molar-refractivity contribution in [3.8, 4) is 11.5 Å². The molecule has 8 heteroatoms. The van der Waals surface area contributed by atoms with E-state index in [0.29, 0.717) is 6.42 Å². The monoisotopic (exact) mass is 538 g/mol. The summed E-state index contributed by atoms with van der Waals surface area (Å²) >= 11 is 1.80. The molecule has 7 nitrogen and oxygen atoms in total. The summed E-state index contributed by atoms with van der Waals surface area (Å²) in [6.07, 6.45) is 4.63. The molecule has 38 heavy (non-hydrogen) atoms. The van der Waals surface area contributed by atoms with Crippen molar-refractivity contribution >= 4 is 28.6 Å². The largest absolute Gasteiger partial charge is 0.497 e. The van der Waals surface area contributed by atoms with Crippen molar-refractivity contribution in [1.29, 1.82) is 0 Å². The number of aliphatic hydroxyl groups is 1. The first-order chi connectivity index (χ1) is 18.5. The molecule has 204 valence electrons. The SMILES string of the molecule is COc1ccc2nccc([C@H](O)CC[C@@H]3CCN(CCCSc4ccccc4OC)C[C@@H]3CC(=O)O)c2c1. The van der Waals surface area contributed by atoms with Gasteiger partial charge in [-0.05, 0) is 98.3 Å². The molecule has 0 saturated carbocycles. The van der Waals surface area contributed by atoms with E-state index < -0.39 is 12.1 Å². The zero-order valence-corrected chi connectivity index (χ0v) is 23.0. The summed E-state index contributed by atoms with van der Waals surface area (Å²) in [5.74, 6) is 2.24. The number of likely N-dealkylation sites (tertiary alicyclic amines) is 1. The van der Waals surface area contributed by atoms with Crippen LogP contribution in [0.1, 0.15) is 43.8 Å². The third kappa shape index (κ3) is 7.40. The number of para-hydroxylation sites is 1. The molecule has 0 amide bonds. The van der Waals surface area contributed by atoms with Gasteiger partial charge >= 0.3 is 5.97 Å². The van der Waals surface area contributed by atoms with Gasteiger partial charge in [0.2, 0.25) is 0 Å². The first-order valence-electron chi connectivity index (χ1n) is 13.3. The van der Waals surface area contributed by atoms with Crippen molar-refractivity contribution in [3.63, 3.8) is 0 Å². The Morgan fingerprint density at radius 1 is 1.16 bits per heavy atom. The van der Waals surface area contributed by atoms with Gasteiger partial charge < -0.3 is 24.6 Å². The number of pyridine rings is 1. The zero-order valence-electron chi connectivity index (χ0n) is 22.2. The third-order valence-corrected chi connectivity index (χ3v) is 8.65. The molecule has 3 atom stereocenters. The third-order valence-electron chi connectivity index (χ3n) is 7.51. The number of ether oxygens (including phenoxy) is 2. The highest BCUT2D eigenvalue weighted by Crippen LogP contribution is 2.35. The molecule has 0 unspecified atom stereocenters. The molecule has 3 aromatic rings.